The van der Waals surface area contributed by atoms with E-state index in [-0.39, 0.29) is 5.91 Å². The van der Waals surface area contributed by atoms with E-state index in [9.17, 15) is 4.79 Å². The van der Waals surface area contributed by atoms with Crippen LogP contribution in [0.4, 0.5) is 0 Å². The highest BCUT2D eigenvalue weighted by molar-refractivity contribution is 7.99. The number of thioether (sulfide) groups is 1. The molecule has 3 atom stereocenters. The van der Waals surface area contributed by atoms with Crippen molar-refractivity contribution in [1.29, 1.82) is 0 Å². The van der Waals surface area contributed by atoms with Gasteiger partial charge in [-0.15, -0.1) is 5.10 Å². The molecule has 2 fully saturated rings. The average molecular weight is 394 g/mol. The summed E-state index contributed by atoms with van der Waals surface area (Å²) in [6.07, 6.45) is 11.4. The summed E-state index contributed by atoms with van der Waals surface area (Å²) < 4.78 is 2.04. The van der Waals surface area contributed by atoms with Gasteiger partial charge < -0.3 is 4.90 Å². The molecule has 3 unspecified atom stereocenters. The zero-order valence-electron chi connectivity index (χ0n) is 17.1. The standard InChI is InChI=1S/C20H35N5OS/c1-15-11-12-16(2)18(14-15)25-20(21-22-23-25)27-13-7-10-19(26)24(3)17-8-5-4-6-9-17/h15-18H,4-14H2,1-3H3. The lowest BCUT2D eigenvalue weighted by Gasteiger charge is -2.32. The monoisotopic (exact) mass is 393 g/mol. The van der Waals surface area contributed by atoms with Crippen LogP contribution in [-0.2, 0) is 4.79 Å². The van der Waals surface area contributed by atoms with Gasteiger partial charge in [-0.2, -0.15) is 0 Å². The van der Waals surface area contributed by atoms with Crippen molar-refractivity contribution in [3.8, 4) is 0 Å². The van der Waals surface area contributed by atoms with Crippen molar-refractivity contribution in [3.63, 3.8) is 0 Å². The molecule has 2 saturated carbocycles. The Morgan fingerprint density at radius 2 is 1.96 bits per heavy atom. The Kier molecular flexibility index (Phi) is 7.56. The van der Waals surface area contributed by atoms with Crippen molar-refractivity contribution >= 4 is 17.7 Å². The highest BCUT2D eigenvalue weighted by Gasteiger charge is 2.29. The Morgan fingerprint density at radius 1 is 1.19 bits per heavy atom. The number of aromatic nitrogens is 4. The minimum Gasteiger partial charge on any atom is -0.343 e. The van der Waals surface area contributed by atoms with E-state index in [4.69, 9.17) is 0 Å². The number of carbonyl (C=O) groups excluding carboxylic acids is 1. The fourth-order valence-electron chi connectivity index (χ4n) is 4.57. The van der Waals surface area contributed by atoms with Gasteiger partial charge in [0.05, 0.1) is 6.04 Å². The molecule has 1 aromatic rings. The van der Waals surface area contributed by atoms with Crippen LogP contribution in [0.5, 0.6) is 0 Å². The summed E-state index contributed by atoms with van der Waals surface area (Å²) in [5, 5.41) is 13.4. The van der Waals surface area contributed by atoms with Crippen molar-refractivity contribution in [3.05, 3.63) is 0 Å². The topological polar surface area (TPSA) is 63.9 Å². The number of amides is 1. The zero-order valence-corrected chi connectivity index (χ0v) is 18.0. The van der Waals surface area contributed by atoms with E-state index >= 15 is 0 Å². The first-order valence-electron chi connectivity index (χ1n) is 10.7. The molecule has 1 amide bonds. The van der Waals surface area contributed by atoms with E-state index in [1.54, 1.807) is 11.8 Å². The summed E-state index contributed by atoms with van der Waals surface area (Å²) in [6, 6.07) is 0.867. The van der Waals surface area contributed by atoms with Gasteiger partial charge in [0, 0.05) is 25.3 Å². The third kappa shape index (κ3) is 5.46. The Balaban J connectivity index is 1.44. The maximum Gasteiger partial charge on any atom is 0.222 e. The molecule has 0 spiro atoms. The maximum absolute atomic E-state index is 12.5. The van der Waals surface area contributed by atoms with E-state index in [1.807, 2.05) is 16.6 Å². The Hall–Kier alpha value is -1.11. The van der Waals surface area contributed by atoms with Gasteiger partial charge in [-0.3, -0.25) is 4.79 Å². The van der Waals surface area contributed by atoms with Crippen LogP contribution in [0.25, 0.3) is 0 Å². The molecule has 0 bridgehead atoms. The molecule has 0 aliphatic heterocycles. The number of nitrogens with zero attached hydrogens (tertiary/aromatic N) is 5. The Bertz CT molecular complexity index is 601. The molecule has 152 valence electrons. The average Bonchev–Trinajstić information content (AvgIpc) is 3.15. The van der Waals surface area contributed by atoms with Gasteiger partial charge in [-0.25, -0.2) is 4.68 Å². The lowest BCUT2D eigenvalue weighted by molar-refractivity contribution is -0.132. The first-order valence-corrected chi connectivity index (χ1v) is 11.7. The van der Waals surface area contributed by atoms with Crippen LogP contribution >= 0.6 is 11.8 Å². The number of rotatable bonds is 7. The third-order valence-corrected chi connectivity index (χ3v) is 7.49. The van der Waals surface area contributed by atoms with Crippen LogP contribution in [0.15, 0.2) is 5.16 Å². The second-order valence-corrected chi connectivity index (χ2v) is 9.68. The Labute approximate surface area is 167 Å². The molecule has 1 heterocycles. The largest absolute Gasteiger partial charge is 0.343 e. The Morgan fingerprint density at radius 3 is 2.74 bits per heavy atom. The van der Waals surface area contributed by atoms with Crippen LogP contribution in [0.2, 0.25) is 0 Å². The molecule has 2 aliphatic rings. The molecule has 0 aromatic carbocycles. The zero-order chi connectivity index (χ0) is 19.2. The predicted octanol–water partition coefficient (Wildman–Crippen LogP) is 4.33. The van der Waals surface area contributed by atoms with Crippen LogP contribution < -0.4 is 0 Å². The van der Waals surface area contributed by atoms with Gasteiger partial charge in [0.15, 0.2) is 0 Å². The van der Waals surface area contributed by atoms with Crippen LogP contribution in [0.1, 0.15) is 84.1 Å². The molecule has 2 aliphatic carbocycles. The maximum atomic E-state index is 12.5. The summed E-state index contributed by atoms with van der Waals surface area (Å²) in [6.45, 7) is 4.64. The van der Waals surface area contributed by atoms with Gasteiger partial charge in [0.2, 0.25) is 11.1 Å². The molecule has 3 rings (SSSR count). The second kappa shape index (κ2) is 9.89. The van der Waals surface area contributed by atoms with Crippen molar-refractivity contribution in [2.45, 2.75) is 95.3 Å². The SMILES string of the molecule is CC1CCC(C)C(n2nnnc2SCCCC(=O)N(C)C2CCCCC2)C1. The van der Waals surface area contributed by atoms with E-state index < -0.39 is 0 Å². The van der Waals surface area contributed by atoms with E-state index in [0.29, 0.717) is 24.4 Å². The van der Waals surface area contributed by atoms with Gasteiger partial charge in [0.1, 0.15) is 0 Å². The smallest absolute Gasteiger partial charge is 0.222 e. The van der Waals surface area contributed by atoms with Crippen LogP contribution in [0, 0.1) is 11.8 Å². The van der Waals surface area contributed by atoms with Gasteiger partial charge >= 0.3 is 0 Å². The quantitative estimate of drug-likeness (QED) is 0.509. The summed E-state index contributed by atoms with van der Waals surface area (Å²) in [5.74, 6) is 2.54. The first kappa shape index (κ1) is 20.6. The van der Waals surface area contributed by atoms with Crippen LogP contribution in [-0.4, -0.2) is 49.9 Å². The summed E-state index contributed by atoms with van der Waals surface area (Å²) >= 11 is 1.70. The summed E-state index contributed by atoms with van der Waals surface area (Å²) in [4.78, 5) is 14.5. The molecular weight excluding hydrogens is 358 g/mol. The fourth-order valence-corrected chi connectivity index (χ4v) is 5.44. The molecule has 6 nitrogen and oxygen atoms in total. The highest BCUT2D eigenvalue weighted by Crippen LogP contribution is 2.37. The van der Waals surface area contributed by atoms with Crippen molar-refractivity contribution < 1.29 is 4.79 Å². The number of hydrogen-bond donors (Lipinski definition) is 0. The number of tetrazole rings is 1. The third-order valence-electron chi connectivity index (χ3n) is 6.47. The molecule has 27 heavy (non-hydrogen) atoms. The predicted molar refractivity (Wildman–Crippen MR) is 109 cm³/mol. The van der Waals surface area contributed by atoms with Gasteiger partial charge in [-0.1, -0.05) is 51.3 Å². The first-order chi connectivity index (χ1) is 13.1. The summed E-state index contributed by atoms with van der Waals surface area (Å²) in [5.41, 5.74) is 0. The van der Waals surface area contributed by atoms with Gasteiger partial charge in [0.25, 0.3) is 0 Å². The number of hydrogen-bond acceptors (Lipinski definition) is 5. The summed E-state index contributed by atoms with van der Waals surface area (Å²) in [7, 11) is 1.98. The van der Waals surface area contributed by atoms with Crippen LogP contribution in [0.3, 0.4) is 0 Å². The van der Waals surface area contributed by atoms with Crippen molar-refractivity contribution in [1.82, 2.24) is 25.1 Å². The lowest BCUT2D eigenvalue weighted by atomic mass is 9.80. The molecule has 0 radical (unpaired) electrons. The molecular formula is C20H35N5OS. The number of carbonyl (C=O) groups is 1. The molecule has 7 heteroatoms. The molecule has 0 N–H and O–H groups in total. The van der Waals surface area contributed by atoms with Gasteiger partial charge in [-0.05, 0) is 54.4 Å². The van der Waals surface area contributed by atoms with Crippen molar-refractivity contribution in [2.24, 2.45) is 11.8 Å². The van der Waals surface area contributed by atoms with Crippen molar-refractivity contribution in [2.75, 3.05) is 12.8 Å². The fraction of sp³-hybridized carbons (Fsp3) is 0.900. The molecule has 1 aromatic heterocycles. The molecule has 0 saturated heterocycles. The minimum absolute atomic E-state index is 0.289. The van der Waals surface area contributed by atoms with E-state index in [0.717, 1.165) is 29.7 Å². The van der Waals surface area contributed by atoms with E-state index in [1.165, 1.54) is 44.9 Å². The highest BCUT2D eigenvalue weighted by atomic mass is 32.2. The normalized spacial score (nSPS) is 26.9. The lowest BCUT2D eigenvalue weighted by Crippen LogP contribution is -2.38. The second-order valence-electron chi connectivity index (χ2n) is 8.62. The minimum atomic E-state index is 0.289. The van der Waals surface area contributed by atoms with E-state index in [2.05, 4.69) is 29.4 Å².